The van der Waals surface area contributed by atoms with Crippen molar-refractivity contribution in [3.8, 4) is 0 Å². The first-order valence-electron chi connectivity index (χ1n) is 9.06. The molecule has 0 aliphatic heterocycles. The van der Waals surface area contributed by atoms with Gasteiger partial charge in [-0.3, -0.25) is 4.84 Å². The zero-order chi connectivity index (χ0) is 18.4. The molecule has 2 aromatic carbocycles. The molecule has 0 aromatic heterocycles. The molecule has 0 amide bonds. The van der Waals surface area contributed by atoms with Crippen LogP contribution in [0.25, 0.3) is 0 Å². The van der Waals surface area contributed by atoms with E-state index in [1.165, 1.54) is 11.1 Å². The van der Waals surface area contributed by atoms with Gasteiger partial charge < -0.3 is 5.11 Å². The van der Waals surface area contributed by atoms with Gasteiger partial charge in [-0.05, 0) is 50.8 Å². The Hall–Kier alpha value is -1.68. The molecule has 2 rings (SSSR count). The normalized spacial score (nSPS) is 14.5. The number of benzene rings is 2. The zero-order valence-electron chi connectivity index (χ0n) is 16.1. The number of hydrogen-bond donors (Lipinski definition) is 1. The van der Waals surface area contributed by atoms with Crippen LogP contribution >= 0.6 is 0 Å². The quantitative estimate of drug-likeness (QED) is 0.702. The van der Waals surface area contributed by atoms with Gasteiger partial charge in [0.25, 0.3) is 0 Å². The summed E-state index contributed by atoms with van der Waals surface area (Å²) in [6.45, 7) is 10.7. The van der Waals surface area contributed by atoms with Gasteiger partial charge in [0.05, 0.1) is 12.6 Å². The van der Waals surface area contributed by atoms with Crippen molar-refractivity contribution in [3.63, 3.8) is 0 Å². The third-order valence-corrected chi connectivity index (χ3v) is 4.46. The number of nitrogens with zero attached hydrogens (tertiary/aromatic N) is 1. The van der Waals surface area contributed by atoms with E-state index >= 15 is 0 Å². The van der Waals surface area contributed by atoms with Crippen LogP contribution < -0.4 is 0 Å². The van der Waals surface area contributed by atoms with Crippen molar-refractivity contribution < 1.29 is 9.94 Å². The summed E-state index contributed by atoms with van der Waals surface area (Å²) < 4.78 is 0. The van der Waals surface area contributed by atoms with Gasteiger partial charge in [0.1, 0.15) is 6.10 Å². The van der Waals surface area contributed by atoms with E-state index in [0.29, 0.717) is 0 Å². The Morgan fingerprint density at radius 3 is 2.12 bits per heavy atom. The molecule has 0 spiro atoms. The van der Waals surface area contributed by atoms with Gasteiger partial charge in [-0.2, -0.15) is 5.06 Å². The summed E-state index contributed by atoms with van der Waals surface area (Å²) >= 11 is 0. The summed E-state index contributed by atoms with van der Waals surface area (Å²) in [4.78, 5) is 6.40. The number of aryl methyl sites for hydroxylation is 1. The fraction of sp³-hybridized carbons (Fsp3) is 0.455. The van der Waals surface area contributed by atoms with Crippen LogP contribution in [0.2, 0.25) is 0 Å². The van der Waals surface area contributed by atoms with Crippen LogP contribution in [0.5, 0.6) is 0 Å². The highest BCUT2D eigenvalue weighted by Crippen LogP contribution is 2.35. The summed E-state index contributed by atoms with van der Waals surface area (Å²) in [5, 5.41) is 12.0. The average Bonchev–Trinajstić information content (AvgIpc) is 2.59. The van der Waals surface area contributed by atoms with Gasteiger partial charge in [-0.1, -0.05) is 61.5 Å². The molecule has 2 unspecified atom stereocenters. The maximum Gasteiger partial charge on any atom is 0.127 e. The molecule has 0 fully saturated rings. The lowest BCUT2D eigenvalue weighted by Crippen LogP contribution is -2.45. The second-order valence-corrected chi connectivity index (χ2v) is 7.46. The Kier molecular flexibility index (Phi) is 6.77. The molecule has 1 N–H and O–H groups in total. The highest BCUT2D eigenvalue weighted by Gasteiger charge is 2.33. The van der Waals surface area contributed by atoms with Gasteiger partial charge in [-0.15, -0.1) is 0 Å². The molecule has 2 atom stereocenters. The second-order valence-electron chi connectivity index (χ2n) is 7.46. The minimum absolute atomic E-state index is 0.0548. The molecule has 0 bridgehead atoms. The van der Waals surface area contributed by atoms with Crippen molar-refractivity contribution in [2.24, 2.45) is 0 Å². The minimum atomic E-state index is -0.376. The molecule has 0 saturated carbocycles. The first kappa shape index (κ1) is 19.6. The van der Waals surface area contributed by atoms with E-state index < -0.39 is 0 Å². The monoisotopic (exact) mass is 341 g/mol. The summed E-state index contributed by atoms with van der Waals surface area (Å²) in [7, 11) is 0. The SMILES string of the molecule is CCC(c1ccccc1C)N(OC(CO)c1ccccc1)C(C)(C)C. The van der Waals surface area contributed by atoms with Crippen LogP contribution in [-0.4, -0.2) is 22.3 Å². The van der Waals surface area contributed by atoms with Crippen LogP contribution in [0.4, 0.5) is 0 Å². The van der Waals surface area contributed by atoms with Gasteiger partial charge in [0, 0.05) is 5.54 Å². The maximum absolute atomic E-state index is 9.92. The van der Waals surface area contributed by atoms with Crippen molar-refractivity contribution in [3.05, 3.63) is 71.3 Å². The van der Waals surface area contributed by atoms with Crippen molar-refractivity contribution in [2.45, 2.75) is 58.7 Å². The molecular weight excluding hydrogens is 310 g/mol. The number of aliphatic hydroxyl groups excluding tert-OH is 1. The van der Waals surface area contributed by atoms with Crippen LogP contribution in [0, 0.1) is 6.92 Å². The molecule has 0 radical (unpaired) electrons. The molecule has 0 heterocycles. The standard InChI is InChI=1S/C22H31NO2/c1-6-20(19-15-11-10-12-17(19)2)23(22(3,4)5)25-21(16-24)18-13-8-7-9-14-18/h7-15,20-21,24H,6,16H2,1-5H3. The Morgan fingerprint density at radius 2 is 1.60 bits per heavy atom. The molecule has 2 aromatic rings. The fourth-order valence-corrected chi connectivity index (χ4v) is 3.18. The molecular formula is C22H31NO2. The molecule has 25 heavy (non-hydrogen) atoms. The highest BCUT2D eigenvalue weighted by molar-refractivity contribution is 5.29. The lowest BCUT2D eigenvalue weighted by atomic mass is 9.95. The van der Waals surface area contributed by atoms with Crippen molar-refractivity contribution in [2.75, 3.05) is 6.61 Å². The minimum Gasteiger partial charge on any atom is -0.393 e. The van der Waals surface area contributed by atoms with E-state index in [9.17, 15) is 5.11 Å². The van der Waals surface area contributed by atoms with Gasteiger partial charge in [-0.25, -0.2) is 0 Å². The van der Waals surface area contributed by atoms with Crippen molar-refractivity contribution in [1.82, 2.24) is 5.06 Å². The van der Waals surface area contributed by atoms with Crippen LogP contribution in [0.1, 0.15) is 63.0 Å². The molecule has 3 nitrogen and oxygen atoms in total. The summed E-state index contributed by atoms with van der Waals surface area (Å²) in [5.41, 5.74) is 3.31. The molecule has 0 aliphatic rings. The summed E-state index contributed by atoms with van der Waals surface area (Å²) in [6, 6.07) is 18.5. The molecule has 0 saturated heterocycles. The fourth-order valence-electron chi connectivity index (χ4n) is 3.18. The Labute approximate surface area is 152 Å². The average molecular weight is 341 g/mol. The van der Waals surface area contributed by atoms with E-state index in [-0.39, 0.29) is 24.3 Å². The van der Waals surface area contributed by atoms with Gasteiger partial charge in [0.15, 0.2) is 0 Å². The van der Waals surface area contributed by atoms with Crippen molar-refractivity contribution >= 4 is 0 Å². The first-order chi connectivity index (χ1) is 11.9. The second kappa shape index (κ2) is 8.61. The van der Waals surface area contributed by atoms with Crippen LogP contribution in [-0.2, 0) is 4.84 Å². The van der Waals surface area contributed by atoms with E-state index in [2.05, 4.69) is 63.9 Å². The topological polar surface area (TPSA) is 32.7 Å². The van der Waals surface area contributed by atoms with Gasteiger partial charge in [0.2, 0.25) is 0 Å². The van der Waals surface area contributed by atoms with E-state index in [4.69, 9.17) is 4.84 Å². The third kappa shape index (κ3) is 4.91. The Balaban J connectivity index is 2.36. The number of hydrogen-bond acceptors (Lipinski definition) is 3. The Morgan fingerprint density at radius 1 is 1.00 bits per heavy atom. The molecule has 0 aliphatic carbocycles. The predicted molar refractivity (Wildman–Crippen MR) is 103 cm³/mol. The summed E-state index contributed by atoms with van der Waals surface area (Å²) in [5.74, 6) is 0. The maximum atomic E-state index is 9.92. The lowest BCUT2D eigenvalue weighted by Gasteiger charge is -2.42. The van der Waals surface area contributed by atoms with Gasteiger partial charge >= 0.3 is 0 Å². The van der Waals surface area contributed by atoms with Crippen LogP contribution in [0.15, 0.2) is 54.6 Å². The smallest absolute Gasteiger partial charge is 0.127 e. The molecule has 3 heteroatoms. The van der Waals surface area contributed by atoms with E-state index in [1.807, 2.05) is 30.3 Å². The lowest BCUT2D eigenvalue weighted by molar-refractivity contribution is -0.275. The zero-order valence-corrected chi connectivity index (χ0v) is 16.1. The highest BCUT2D eigenvalue weighted by atomic mass is 16.7. The third-order valence-electron chi connectivity index (χ3n) is 4.46. The molecule has 136 valence electrons. The number of hydroxylamine groups is 2. The number of aliphatic hydroxyl groups is 1. The predicted octanol–water partition coefficient (Wildman–Crippen LogP) is 5.21. The summed E-state index contributed by atoms with van der Waals surface area (Å²) in [6.07, 6.45) is 0.549. The number of rotatable bonds is 7. The largest absolute Gasteiger partial charge is 0.393 e. The first-order valence-corrected chi connectivity index (χ1v) is 9.06. The van der Waals surface area contributed by atoms with Crippen LogP contribution in [0.3, 0.4) is 0 Å². The van der Waals surface area contributed by atoms with E-state index in [1.54, 1.807) is 0 Å². The van der Waals surface area contributed by atoms with E-state index in [0.717, 1.165) is 12.0 Å². The Bertz CT molecular complexity index is 649. The van der Waals surface area contributed by atoms with Crippen molar-refractivity contribution in [1.29, 1.82) is 0 Å².